The topological polar surface area (TPSA) is 54.2 Å². The highest BCUT2D eigenvalue weighted by Crippen LogP contribution is 2.14. The van der Waals surface area contributed by atoms with E-state index in [-0.39, 0.29) is 0 Å². The fourth-order valence-electron chi connectivity index (χ4n) is 2.95. The average molecular weight is 396 g/mol. The van der Waals surface area contributed by atoms with Gasteiger partial charge in [-0.3, -0.25) is 0 Å². The third kappa shape index (κ3) is 6.13. The maximum absolute atomic E-state index is 6.23. The summed E-state index contributed by atoms with van der Waals surface area (Å²) in [5.74, 6) is 0.814. The van der Waals surface area contributed by atoms with Gasteiger partial charge >= 0.3 is 0 Å². The van der Waals surface area contributed by atoms with E-state index in [9.17, 15) is 0 Å². The number of hydrogen-bond donors (Lipinski definition) is 2. The van der Waals surface area contributed by atoms with E-state index < -0.39 is 0 Å². The fourth-order valence-corrected chi connectivity index (χ4v) is 3.18. The molecule has 0 spiro atoms. The Morgan fingerprint density at radius 3 is 2.75 bits per heavy atom. The lowest BCUT2D eigenvalue weighted by atomic mass is 10.1. The Labute approximate surface area is 171 Å². The second-order valence-corrected chi connectivity index (χ2v) is 6.93. The number of nitrogens with one attached hydrogen (secondary N) is 2. The third-order valence-electron chi connectivity index (χ3n) is 4.32. The van der Waals surface area contributed by atoms with Crippen LogP contribution >= 0.6 is 11.6 Å². The van der Waals surface area contributed by atoms with Crippen molar-refractivity contribution in [1.82, 2.24) is 20.2 Å². The van der Waals surface area contributed by atoms with E-state index in [0.29, 0.717) is 6.54 Å². The van der Waals surface area contributed by atoms with Crippen LogP contribution in [0.3, 0.4) is 0 Å². The van der Waals surface area contributed by atoms with Crippen molar-refractivity contribution in [2.75, 3.05) is 13.1 Å². The van der Waals surface area contributed by atoms with Crippen LogP contribution < -0.4 is 10.6 Å². The molecule has 3 rings (SSSR count). The van der Waals surface area contributed by atoms with Gasteiger partial charge < -0.3 is 15.2 Å². The highest BCUT2D eigenvalue weighted by Gasteiger charge is 2.02. The number of guanidine groups is 1. The Balaban J connectivity index is 1.57. The summed E-state index contributed by atoms with van der Waals surface area (Å²) in [6.45, 7) is 5.10. The highest BCUT2D eigenvalue weighted by atomic mass is 35.5. The first-order chi connectivity index (χ1) is 13.7. The quantitative estimate of drug-likeness (QED) is 0.449. The number of aliphatic imine (C=N–C) groups is 1. The molecule has 0 radical (unpaired) electrons. The van der Waals surface area contributed by atoms with Gasteiger partial charge in [-0.15, -0.1) is 0 Å². The van der Waals surface area contributed by atoms with Gasteiger partial charge in [0.25, 0.3) is 0 Å². The van der Waals surface area contributed by atoms with Gasteiger partial charge in [0.05, 0.1) is 12.9 Å². The molecular formula is C22H26ClN5. The van der Waals surface area contributed by atoms with Crippen molar-refractivity contribution in [2.24, 2.45) is 4.99 Å². The van der Waals surface area contributed by atoms with Gasteiger partial charge in [-0.2, -0.15) is 0 Å². The standard InChI is InChI=1S/C22H26ClN5/c1-2-25-22(26-11-10-20-8-3-4-9-21(20)23)27-15-18-6-5-7-19(14-18)16-28-13-12-24-17-28/h3-9,12-14,17H,2,10-11,15-16H2,1H3,(H2,25,26,27). The number of benzene rings is 2. The van der Waals surface area contributed by atoms with Crippen LogP contribution in [0.4, 0.5) is 0 Å². The molecular weight excluding hydrogens is 370 g/mol. The normalized spacial score (nSPS) is 11.4. The Kier molecular flexibility index (Phi) is 7.50. The summed E-state index contributed by atoms with van der Waals surface area (Å²) in [7, 11) is 0. The monoisotopic (exact) mass is 395 g/mol. The molecule has 0 aliphatic carbocycles. The Morgan fingerprint density at radius 2 is 1.96 bits per heavy atom. The van der Waals surface area contributed by atoms with Gasteiger partial charge in [-0.05, 0) is 36.1 Å². The van der Waals surface area contributed by atoms with Gasteiger partial charge in [-0.1, -0.05) is 54.1 Å². The summed E-state index contributed by atoms with van der Waals surface area (Å²) in [4.78, 5) is 8.81. The minimum Gasteiger partial charge on any atom is -0.357 e. The molecule has 2 aromatic carbocycles. The molecule has 2 N–H and O–H groups in total. The van der Waals surface area contributed by atoms with Gasteiger partial charge in [-0.25, -0.2) is 9.98 Å². The molecule has 28 heavy (non-hydrogen) atoms. The lowest BCUT2D eigenvalue weighted by Crippen LogP contribution is -2.38. The second-order valence-electron chi connectivity index (χ2n) is 6.52. The number of rotatable bonds is 8. The molecule has 0 bridgehead atoms. The molecule has 0 amide bonds. The zero-order valence-corrected chi connectivity index (χ0v) is 16.9. The minimum atomic E-state index is 0.624. The van der Waals surface area contributed by atoms with E-state index in [1.165, 1.54) is 11.1 Å². The molecule has 0 unspecified atom stereocenters. The molecule has 0 fully saturated rings. The van der Waals surface area contributed by atoms with Gasteiger partial charge in [0, 0.05) is 37.1 Å². The molecule has 0 atom stereocenters. The first-order valence-electron chi connectivity index (χ1n) is 9.53. The first kappa shape index (κ1) is 20.0. The Bertz CT molecular complexity index is 889. The highest BCUT2D eigenvalue weighted by molar-refractivity contribution is 6.31. The third-order valence-corrected chi connectivity index (χ3v) is 4.69. The Morgan fingerprint density at radius 1 is 1.11 bits per heavy atom. The SMILES string of the molecule is CCNC(=NCc1cccc(Cn2ccnc2)c1)NCCc1ccccc1Cl. The summed E-state index contributed by atoms with van der Waals surface area (Å²) in [6.07, 6.45) is 6.45. The molecule has 5 nitrogen and oxygen atoms in total. The average Bonchev–Trinajstić information content (AvgIpc) is 3.21. The number of halogens is 1. The zero-order valence-electron chi connectivity index (χ0n) is 16.1. The molecule has 0 saturated carbocycles. The fraction of sp³-hybridized carbons (Fsp3) is 0.273. The van der Waals surface area contributed by atoms with E-state index in [4.69, 9.17) is 16.6 Å². The minimum absolute atomic E-state index is 0.624. The van der Waals surface area contributed by atoms with Crippen molar-refractivity contribution in [3.05, 3.63) is 89.0 Å². The Hall–Kier alpha value is -2.79. The molecule has 0 saturated heterocycles. The van der Waals surface area contributed by atoms with Crippen molar-refractivity contribution in [1.29, 1.82) is 0 Å². The van der Waals surface area contributed by atoms with Crippen LogP contribution in [0.15, 0.2) is 72.2 Å². The van der Waals surface area contributed by atoms with Crippen molar-refractivity contribution < 1.29 is 0 Å². The van der Waals surface area contributed by atoms with E-state index in [1.807, 2.05) is 30.7 Å². The van der Waals surface area contributed by atoms with Crippen molar-refractivity contribution in [3.63, 3.8) is 0 Å². The number of imidazole rings is 1. The first-order valence-corrected chi connectivity index (χ1v) is 9.91. The smallest absolute Gasteiger partial charge is 0.191 e. The lowest BCUT2D eigenvalue weighted by Gasteiger charge is -2.12. The van der Waals surface area contributed by atoms with Crippen LogP contribution in [0.2, 0.25) is 5.02 Å². The van der Waals surface area contributed by atoms with Crippen LogP contribution in [0.5, 0.6) is 0 Å². The van der Waals surface area contributed by atoms with Crippen molar-refractivity contribution in [3.8, 4) is 0 Å². The zero-order chi connectivity index (χ0) is 19.6. The largest absolute Gasteiger partial charge is 0.357 e. The molecule has 0 aliphatic rings. The van der Waals surface area contributed by atoms with Crippen molar-refractivity contribution in [2.45, 2.75) is 26.4 Å². The van der Waals surface area contributed by atoms with Crippen LogP contribution in [0.1, 0.15) is 23.6 Å². The van der Waals surface area contributed by atoms with Crippen LogP contribution in [0, 0.1) is 0 Å². The maximum atomic E-state index is 6.23. The van der Waals surface area contributed by atoms with E-state index in [0.717, 1.165) is 42.6 Å². The second kappa shape index (κ2) is 10.5. The molecule has 6 heteroatoms. The van der Waals surface area contributed by atoms with Gasteiger partial charge in [0.1, 0.15) is 0 Å². The van der Waals surface area contributed by atoms with E-state index in [1.54, 1.807) is 6.20 Å². The summed E-state index contributed by atoms with van der Waals surface area (Å²) >= 11 is 6.23. The van der Waals surface area contributed by atoms with Gasteiger partial charge in [0.2, 0.25) is 0 Å². The number of hydrogen-bond acceptors (Lipinski definition) is 2. The molecule has 3 aromatic rings. The predicted octanol–water partition coefficient (Wildman–Crippen LogP) is 3.88. The molecule has 1 heterocycles. The predicted molar refractivity (Wildman–Crippen MR) is 116 cm³/mol. The van der Waals surface area contributed by atoms with E-state index >= 15 is 0 Å². The van der Waals surface area contributed by atoms with Crippen LogP contribution in [-0.2, 0) is 19.5 Å². The van der Waals surface area contributed by atoms with Gasteiger partial charge in [0.15, 0.2) is 5.96 Å². The van der Waals surface area contributed by atoms with Crippen molar-refractivity contribution >= 4 is 17.6 Å². The molecule has 0 aliphatic heterocycles. The van der Waals surface area contributed by atoms with Crippen LogP contribution in [0.25, 0.3) is 0 Å². The molecule has 1 aromatic heterocycles. The van der Waals surface area contributed by atoms with E-state index in [2.05, 4.69) is 57.4 Å². The number of aromatic nitrogens is 2. The van der Waals surface area contributed by atoms with Crippen LogP contribution in [-0.4, -0.2) is 28.6 Å². The molecule has 146 valence electrons. The summed E-state index contributed by atoms with van der Waals surface area (Å²) in [5.41, 5.74) is 3.56. The summed E-state index contributed by atoms with van der Waals surface area (Å²) in [6, 6.07) is 16.4. The number of nitrogens with zero attached hydrogens (tertiary/aromatic N) is 3. The summed E-state index contributed by atoms with van der Waals surface area (Å²) in [5, 5.41) is 7.49. The summed E-state index contributed by atoms with van der Waals surface area (Å²) < 4.78 is 2.06. The lowest BCUT2D eigenvalue weighted by molar-refractivity contribution is 0.791. The maximum Gasteiger partial charge on any atom is 0.191 e.